The van der Waals surface area contributed by atoms with Gasteiger partial charge >= 0.3 is 0 Å². The monoisotopic (exact) mass is 790 g/mol. The van der Waals surface area contributed by atoms with Crippen molar-refractivity contribution in [2.24, 2.45) is 0 Å². The zero-order valence-electron chi connectivity index (χ0n) is 33.5. The second-order valence-corrected chi connectivity index (χ2v) is 18.2. The minimum Gasteiger partial charge on any atom is -0.0622 e. The molecule has 0 radical (unpaired) electrons. The Balaban J connectivity index is 0.957. The van der Waals surface area contributed by atoms with E-state index in [2.05, 4.69) is 237 Å². The summed E-state index contributed by atoms with van der Waals surface area (Å²) in [6, 6.07) is 87.6. The van der Waals surface area contributed by atoms with E-state index in [9.17, 15) is 0 Å². The molecule has 0 atom stereocenters. The zero-order valence-corrected chi connectivity index (χ0v) is 34.4. The van der Waals surface area contributed by atoms with E-state index < -0.39 is 7.92 Å². The average molecular weight is 791 g/mol. The Morgan fingerprint density at radius 1 is 0.230 bits per heavy atom. The zero-order chi connectivity index (χ0) is 40.3. The molecule has 0 bridgehead atoms. The Hall–Kier alpha value is -7.37. The van der Waals surface area contributed by atoms with Crippen LogP contribution in [0.15, 0.2) is 237 Å². The summed E-state index contributed by atoms with van der Waals surface area (Å²) in [5.74, 6) is 0. The Morgan fingerprint density at radius 2 is 0.656 bits per heavy atom. The summed E-state index contributed by atoms with van der Waals surface area (Å²) in [5, 5.41) is 11.8. The van der Waals surface area contributed by atoms with Gasteiger partial charge in [-0.05, 0) is 135 Å². The molecule has 0 N–H and O–H groups in total. The molecule has 0 spiro atoms. The van der Waals surface area contributed by atoms with Gasteiger partial charge in [0, 0.05) is 0 Å². The summed E-state index contributed by atoms with van der Waals surface area (Å²) >= 11 is 0. The van der Waals surface area contributed by atoms with Crippen molar-refractivity contribution >= 4 is 56.2 Å². The fourth-order valence-electron chi connectivity index (χ4n) is 9.86. The minimum absolute atomic E-state index is 0.641. The van der Waals surface area contributed by atoms with Crippen LogP contribution in [0.3, 0.4) is 0 Å². The van der Waals surface area contributed by atoms with Gasteiger partial charge in [0.15, 0.2) is 0 Å². The van der Waals surface area contributed by atoms with Gasteiger partial charge in [-0.15, -0.1) is 0 Å². The van der Waals surface area contributed by atoms with Crippen molar-refractivity contribution in [3.63, 3.8) is 0 Å². The number of fused-ring (bicyclic) bond motifs is 5. The summed E-state index contributed by atoms with van der Waals surface area (Å²) < 4.78 is 0. The largest absolute Gasteiger partial charge is 0.0622 e. The molecule has 1 heteroatoms. The van der Waals surface area contributed by atoms with Crippen LogP contribution in [0.2, 0.25) is 0 Å². The van der Waals surface area contributed by atoms with Crippen LogP contribution in [-0.2, 0) is 0 Å². The first kappa shape index (κ1) is 35.6. The lowest BCUT2D eigenvalue weighted by Gasteiger charge is -2.20. The Labute approximate surface area is 357 Å². The van der Waals surface area contributed by atoms with Crippen molar-refractivity contribution in [2.45, 2.75) is 0 Å². The first-order valence-electron chi connectivity index (χ1n) is 21.1. The lowest BCUT2D eigenvalue weighted by atomic mass is 9.82. The van der Waals surface area contributed by atoms with E-state index in [1.807, 2.05) is 0 Å². The SMILES string of the molecule is c1ccc(-c2c3c(c(-c4ccccc4)c4ccccc24)-c2ccc(-c4ccc5cc(-c6ccc(P(c7ccccc7)c7ccccc7)cc6)ccc5c4)c4cccc-3c24)cc1. The highest BCUT2D eigenvalue weighted by atomic mass is 31.1. The maximum atomic E-state index is 2.39. The van der Waals surface area contributed by atoms with Crippen LogP contribution in [0.5, 0.6) is 0 Å². The van der Waals surface area contributed by atoms with Crippen LogP contribution in [-0.4, -0.2) is 0 Å². The van der Waals surface area contributed by atoms with Crippen LogP contribution in [0.1, 0.15) is 0 Å². The highest BCUT2D eigenvalue weighted by molar-refractivity contribution is 7.79. The molecule has 0 amide bonds. The summed E-state index contributed by atoms with van der Waals surface area (Å²) in [4.78, 5) is 0. The van der Waals surface area contributed by atoms with Gasteiger partial charge in [0.1, 0.15) is 0 Å². The predicted octanol–water partition coefficient (Wildman–Crippen LogP) is 15.2. The van der Waals surface area contributed by atoms with Crippen LogP contribution >= 0.6 is 7.92 Å². The van der Waals surface area contributed by atoms with E-state index in [1.165, 1.54) is 115 Å². The minimum atomic E-state index is -0.641. The van der Waals surface area contributed by atoms with Crippen LogP contribution in [0.4, 0.5) is 0 Å². The standard InChI is InChI=1S/C60H39P/c1-5-16-41(17-6-1)56-52-24-13-14-25-53(52)57(42-18-7-2-8-19-42)60-55-37-36-50(51-26-15-27-54(58(51)55)59(56)60)46-31-30-44-38-43(28-29-45(44)39-46)40-32-34-49(35-33-40)61(47-20-9-3-10-21-47)48-22-11-4-12-23-48/h1-39H. The second kappa shape index (κ2) is 14.7. The van der Waals surface area contributed by atoms with Gasteiger partial charge in [-0.25, -0.2) is 0 Å². The average Bonchev–Trinajstić information content (AvgIpc) is 3.66. The third-order valence-corrected chi connectivity index (χ3v) is 15.0. The van der Waals surface area contributed by atoms with Crippen molar-refractivity contribution in [2.75, 3.05) is 0 Å². The Kier molecular flexibility index (Phi) is 8.58. The number of rotatable bonds is 7. The van der Waals surface area contributed by atoms with Gasteiger partial charge < -0.3 is 0 Å². The van der Waals surface area contributed by atoms with E-state index in [1.54, 1.807) is 0 Å². The highest BCUT2D eigenvalue weighted by Gasteiger charge is 2.31. The summed E-state index contributed by atoms with van der Waals surface area (Å²) in [7, 11) is -0.641. The molecule has 0 nitrogen and oxygen atoms in total. The molecule has 0 aromatic heterocycles. The molecule has 11 aromatic carbocycles. The third-order valence-electron chi connectivity index (χ3n) is 12.6. The predicted molar refractivity (Wildman–Crippen MR) is 264 cm³/mol. The highest BCUT2D eigenvalue weighted by Crippen LogP contribution is 2.58. The molecule has 61 heavy (non-hydrogen) atoms. The van der Waals surface area contributed by atoms with Crippen molar-refractivity contribution in [3.8, 4) is 66.8 Å². The fourth-order valence-corrected chi connectivity index (χ4v) is 12.1. The Morgan fingerprint density at radius 3 is 1.23 bits per heavy atom. The smallest absolute Gasteiger partial charge is 0.000741 e. The van der Waals surface area contributed by atoms with Crippen LogP contribution in [0, 0.1) is 0 Å². The molecular weight excluding hydrogens is 752 g/mol. The van der Waals surface area contributed by atoms with Crippen LogP contribution in [0.25, 0.3) is 99.1 Å². The number of hydrogen-bond donors (Lipinski definition) is 0. The Bertz CT molecular complexity index is 3300. The molecule has 0 fully saturated rings. The van der Waals surface area contributed by atoms with Crippen molar-refractivity contribution in [1.29, 1.82) is 0 Å². The van der Waals surface area contributed by atoms with Crippen molar-refractivity contribution in [3.05, 3.63) is 237 Å². The van der Waals surface area contributed by atoms with Crippen LogP contribution < -0.4 is 15.9 Å². The molecule has 0 heterocycles. The maximum Gasteiger partial charge on any atom is -0.000741 e. The molecular formula is C60H39P. The van der Waals surface area contributed by atoms with E-state index in [0.29, 0.717) is 0 Å². The topological polar surface area (TPSA) is 0 Å². The molecule has 11 aromatic rings. The summed E-state index contributed by atoms with van der Waals surface area (Å²) in [6.07, 6.45) is 0. The molecule has 0 saturated carbocycles. The van der Waals surface area contributed by atoms with E-state index >= 15 is 0 Å². The number of hydrogen-bond acceptors (Lipinski definition) is 0. The number of benzene rings is 11. The van der Waals surface area contributed by atoms with Gasteiger partial charge in [-0.2, -0.15) is 0 Å². The normalized spacial score (nSPS) is 11.8. The van der Waals surface area contributed by atoms with E-state index in [0.717, 1.165) is 0 Å². The lowest BCUT2D eigenvalue weighted by molar-refractivity contribution is 1.62. The lowest BCUT2D eigenvalue weighted by Crippen LogP contribution is -2.20. The fraction of sp³-hybridized carbons (Fsp3) is 0. The van der Waals surface area contributed by atoms with Gasteiger partial charge in [0.05, 0.1) is 0 Å². The van der Waals surface area contributed by atoms with Gasteiger partial charge in [-0.3, -0.25) is 0 Å². The van der Waals surface area contributed by atoms with Crippen molar-refractivity contribution in [1.82, 2.24) is 0 Å². The molecule has 284 valence electrons. The van der Waals surface area contributed by atoms with E-state index in [-0.39, 0.29) is 0 Å². The summed E-state index contributed by atoms with van der Waals surface area (Å²) in [5.41, 5.74) is 15.3. The maximum absolute atomic E-state index is 2.39. The molecule has 0 aliphatic heterocycles. The molecule has 0 saturated heterocycles. The second-order valence-electron chi connectivity index (χ2n) is 16.0. The third kappa shape index (κ3) is 5.95. The van der Waals surface area contributed by atoms with Gasteiger partial charge in [0.25, 0.3) is 0 Å². The van der Waals surface area contributed by atoms with Crippen molar-refractivity contribution < 1.29 is 0 Å². The summed E-state index contributed by atoms with van der Waals surface area (Å²) in [6.45, 7) is 0. The quantitative estimate of drug-likeness (QED) is 0.141. The molecule has 0 unspecified atom stereocenters. The van der Waals surface area contributed by atoms with Gasteiger partial charge in [0.2, 0.25) is 0 Å². The first-order valence-corrected chi connectivity index (χ1v) is 22.4. The van der Waals surface area contributed by atoms with E-state index in [4.69, 9.17) is 0 Å². The molecule has 1 aliphatic rings. The molecule has 1 aliphatic carbocycles. The van der Waals surface area contributed by atoms with Gasteiger partial charge in [-0.1, -0.05) is 224 Å². The molecule has 12 rings (SSSR count). The first-order chi connectivity index (χ1) is 30.3.